The molecule has 1 aromatic heterocycles. The van der Waals surface area contributed by atoms with E-state index in [1.54, 1.807) is 6.92 Å². The topological polar surface area (TPSA) is 75.1 Å². The highest BCUT2D eigenvalue weighted by atomic mass is 16.4. The molecule has 0 aliphatic heterocycles. The first-order chi connectivity index (χ1) is 9.77. The highest BCUT2D eigenvalue weighted by molar-refractivity contribution is 5.88. The number of nitrogens with zero attached hydrogens (tertiary/aromatic N) is 2. The molecule has 5 nitrogen and oxygen atoms in total. The van der Waals surface area contributed by atoms with E-state index in [9.17, 15) is 4.79 Å². The molecule has 0 unspecified atom stereocenters. The summed E-state index contributed by atoms with van der Waals surface area (Å²) < 4.78 is 0. The van der Waals surface area contributed by atoms with E-state index in [2.05, 4.69) is 48.2 Å². The van der Waals surface area contributed by atoms with Gasteiger partial charge in [0.2, 0.25) is 5.95 Å². The number of rotatable bonds is 3. The number of hydrogen-bond acceptors (Lipinski definition) is 4. The first-order valence-electron chi connectivity index (χ1n) is 6.72. The number of aromatic carboxylic acids is 1. The van der Waals surface area contributed by atoms with Gasteiger partial charge in [-0.2, -0.15) is 0 Å². The summed E-state index contributed by atoms with van der Waals surface area (Å²) in [5.74, 6) is -0.630. The van der Waals surface area contributed by atoms with Crippen molar-refractivity contribution in [1.29, 1.82) is 0 Å². The Morgan fingerprint density at radius 3 is 2.29 bits per heavy atom. The maximum absolute atomic E-state index is 10.9. The largest absolute Gasteiger partial charge is 0.478 e. The van der Waals surface area contributed by atoms with Gasteiger partial charge in [-0.15, -0.1) is 0 Å². The third-order valence-corrected chi connectivity index (χ3v) is 3.22. The molecule has 2 aromatic rings. The summed E-state index contributed by atoms with van der Waals surface area (Å²) in [6, 6.07) is 8.04. The van der Waals surface area contributed by atoms with Crippen molar-refractivity contribution in [3.63, 3.8) is 0 Å². The zero-order chi connectivity index (χ0) is 15.6. The van der Waals surface area contributed by atoms with E-state index in [1.807, 2.05) is 12.1 Å². The van der Waals surface area contributed by atoms with E-state index < -0.39 is 5.97 Å². The number of carboxylic acids is 1. The van der Waals surface area contributed by atoms with Crippen molar-refractivity contribution >= 4 is 17.6 Å². The van der Waals surface area contributed by atoms with Crippen LogP contribution in [0.15, 0.2) is 30.5 Å². The first kappa shape index (κ1) is 15.0. The van der Waals surface area contributed by atoms with Crippen LogP contribution in [-0.2, 0) is 5.41 Å². The van der Waals surface area contributed by atoms with E-state index in [0.717, 1.165) is 5.69 Å². The second-order valence-electron chi connectivity index (χ2n) is 5.95. The molecule has 5 heteroatoms. The zero-order valence-electron chi connectivity index (χ0n) is 12.6. The van der Waals surface area contributed by atoms with E-state index in [1.165, 1.54) is 11.8 Å². The molecule has 0 atom stereocenters. The van der Waals surface area contributed by atoms with Crippen LogP contribution in [0.25, 0.3) is 0 Å². The normalized spacial score (nSPS) is 11.2. The molecule has 21 heavy (non-hydrogen) atoms. The van der Waals surface area contributed by atoms with Crippen molar-refractivity contribution in [3.8, 4) is 0 Å². The van der Waals surface area contributed by atoms with Crippen molar-refractivity contribution in [3.05, 3.63) is 47.3 Å². The maximum atomic E-state index is 10.9. The summed E-state index contributed by atoms with van der Waals surface area (Å²) in [4.78, 5) is 19.1. The highest BCUT2D eigenvalue weighted by Gasteiger charge is 2.13. The minimum Gasteiger partial charge on any atom is -0.478 e. The standard InChI is InChI=1S/C16H19N3O2/c1-10-13(14(20)21)9-17-15(18-10)19-12-7-5-11(6-8-12)16(2,3)4/h5-9H,1-4H3,(H,20,21)(H,17,18,19). The van der Waals surface area contributed by atoms with Crippen LogP contribution >= 0.6 is 0 Å². The van der Waals surface area contributed by atoms with Gasteiger partial charge < -0.3 is 10.4 Å². The van der Waals surface area contributed by atoms with E-state index in [-0.39, 0.29) is 11.0 Å². The number of nitrogens with one attached hydrogen (secondary N) is 1. The Balaban J connectivity index is 2.19. The van der Waals surface area contributed by atoms with Gasteiger partial charge in [0.15, 0.2) is 0 Å². The lowest BCUT2D eigenvalue weighted by atomic mass is 9.87. The summed E-state index contributed by atoms with van der Waals surface area (Å²) in [7, 11) is 0. The highest BCUT2D eigenvalue weighted by Crippen LogP contribution is 2.24. The van der Waals surface area contributed by atoms with Gasteiger partial charge >= 0.3 is 5.97 Å². The van der Waals surface area contributed by atoms with Crippen molar-refractivity contribution in [1.82, 2.24) is 9.97 Å². The Morgan fingerprint density at radius 1 is 1.19 bits per heavy atom. The molecule has 0 aliphatic rings. The fourth-order valence-electron chi connectivity index (χ4n) is 1.92. The number of hydrogen-bond donors (Lipinski definition) is 2. The zero-order valence-corrected chi connectivity index (χ0v) is 12.6. The SMILES string of the molecule is Cc1nc(Nc2ccc(C(C)(C)C)cc2)ncc1C(=O)O. The maximum Gasteiger partial charge on any atom is 0.339 e. The van der Waals surface area contributed by atoms with Crippen molar-refractivity contribution in [2.24, 2.45) is 0 Å². The van der Waals surface area contributed by atoms with Crippen LogP contribution in [0, 0.1) is 6.92 Å². The number of aryl methyl sites for hydroxylation is 1. The van der Waals surface area contributed by atoms with Gasteiger partial charge in [0, 0.05) is 11.9 Å². The van der Waals surface area contributed by atoms with Crippen molar-refractivity contribution in [2.75, 3.05) is 5.32 Å². The number of aromatic nitrogens is 2. The second kappa shape index (κ2) is 5.52. The quantitative estimate of drug-likeness (QED) is 0.902. The molecule has 0 bridgehead atoms. The lowest BCUT2D eigenvalue weighted by Gasteiger charge is -2.19. The number of carbonyl (C=O) groups is 1. The monoisotopic (exact) mass is 285 g/mol. The molecule has 0 saturated heterocycles. The number of carboxylic acid groups (broad SMARTS) is 1. The number of benzene rings is 1. The van der Waals surface area contributed by atoms with Gasteiger partial charge in [0.05, 0.1) is 11.3 Å². The molecule has 0 amide bonds. The van der Waals surface area contributed by atoms with Gasteiger partial charge in [-0.3, -0.25) is 0 Å². The third kappa shape index (κ3) is 3.56. The first-order valence-corrected chi connectivity index (χ1v) is 6.72. The lowest BCUT2D eigenvalue weighted by Crippen LogP contribution is -2.10. The minimum atomic E-state index is -1.02. The molecular weight excluding hydrogens is 266 g/mol. The van der Waals surface area contributed by atoms with Gasteiger partial charge in [-0.25, -0.2) is 14.8 Å². The molecule has 2 rings (SSSR count). The predicted molar refractivity (Wildman–Crippen MR) is 82.2 cm³/mol. The molecular formula is C16H19N3O2. The van der Waals surface area contributed by atoms with E-state index in [0.29, 0.717) is 11.6 Å². The van der Waals surface area contributed by atoms with Crippen LogP contribution in [0.3, 0.4) is 0 Å². The molecule has 1 heterocycles. The molecule has 0 saturated carbocycles. The average molecular weight is 285 g/mol. The molecule has 2 N–H and O–H groups in total. The molecule has 0 radical (unpaired) electrons. The van der Waals surface area contributed by atoms with Crippen LogP contribution in [-0.4, -0.2) is 21.0 Å². The predicted octanol–water partition coefficient (Wildman–Crippen LogP) is 3.52. The smallest absolute Gasteiger partial charge is 0.339 e. The molecule has 0 aliphatic carbocycles. The fourth-order valence-corrected chi connectivity index (χ4v) is 1.92. The lowest BCUT2D eigenvalue weighted by molar-refractivity contribution is 0.0695. The van der Waals surface area contributed by atoms with E-state index >= 15 is 0 Å². The van der Waals surface area contributed by atoms with Crippen LogP contribution in [0.2, 0.25) is 0 Å². The second-order valence-corrected chi connectivity index (χ2v) is 5.95. The average Bonchev–Trinajstić information content (AvgIpc) is 2.38. The summed E-state index contributed by atoms with van der Waals surface area (Å²) in [5, 5.41) is 12.0. The van der Waals surface area contributed by atoms with Crippen molar-refractivity contribution < 1.29 is 9.90 Å². The van der Waals surface area contributed by atoms with E-state index in [4.69, 9.17) is 5.11 Å². The summed E-state index contributed by atoms with van der Waals surface area (Å²) in [6.07, 6.45) is 1.32. The van der Waals surface area contributed by atoms with Crippen molar-refractivity contribution in [2.45, 2.75) is 33.1 Å². The fraction of sp³-hybridized carbons (Fsp3) is 0.312. The summed E-state index contributed by atoms with van der Waals surface area (Å²) >= 11 is 0. The Kier molecular flexibility index (Phi) is 3.93. The van der Waals surface area contributed by atoms with Gasteiger partial charge in [-0.05, 0) is 30.0 Å². The van der Waals surface area contributed by atoms with Gasteiger partial charge in [0.25, 0.3) is 0 Å². The van der Waals surface area contributed by atoms with Crippen LogP contribution in [0.1, 0.15) is 42.4 Å². The molecule has 0 spiro atoms. The van der Waals surface area contributed by atoms with Crippen LogP contribution in [0.4, 0.5) is 11.6 Å². The summed E-state index contributed by atoms with van der Waals surface area (Å²) in [5.41, 5.74) is 2.76. The minimum absolute atomic E-state index is 0.106. The summed E-state index contributed by atoms with van der Waals surface area (Å²) in [6.45, 7) is 8.13. The molecule has 0 fully saturated rings. The Labute approximate surface area is 124 Å². The Morgan fingerprint density at radius 2 is 1.81 bits per heavy atom. The van der Waals surface area contributed by atoms with Gasteiger partial charge in [0.1, 0.15) is 0 Å². The Bertz CT molecular complexity index is 658. The van der Waals surface area contributed by atoms with Crippen LogP contribution < -0.4 is 5.32 Å². The van der Waals surface area contributed by atoms with Crippen LogP contribution in [0.5, 0.6) is 0 Å². The third-order valence-electron chi connectivity index (χ3n) is 3.22. The molecule has 110 valence electrons. The molecule has 1 aromatic carbocycles. The Hall–Kier alpha value is -2.43. The van der Waals surface area contributed by atoms with Gasteiger partial charge in [-0.1, -0.05) is 32.9 Å². The number of anilines is 2.